The lowest BCUT2D eigenvalue weighted by molar-refractivity contribution is 0.278. The normalized spacial score (nSPS) is 22.6. The summed E-state index contributed by atoms with van der Waals surface area (Å²) in [5, 5.41) is 3.53. The summed E-state index contributed by atoms with van der Waals surface area (Å²) in [7, 11) is 0. The molecule has 2 aromatic rings. The molecule has 5 heteroatoms. The molecule has 0 saturated carbocycles. The average molecular weight is 288 g/mol. The Morgan fingerprint density at radius 3 is 2.90 bits per heavy atom. The van der Waals surface area contributed by atoms with E-state index in [0.717, 1.165) is 42.9 Å². The first-order valence-electron chi connectivity index (χ1n) is 7.98. The number of rotatable bonds is 5. The van der Waals surface area contributed by atoms with Gasteiger partial charge >= 0.3 is 0 Å². The number of imidazole rings is 1. The van der Waals surface area contributed by atoms with Crippen molar-refractivity contribution in [2.75, 3.05) is 19.7 Å². The van der Waals surface area contributed by atoms with E-state index >= 15 is 0 Å². The van der Waals surface area contributed by atoms with Crippen molar-refractivity contribution in [2.24, 2.45) is 0 Å². The fraction of sp³-hybridized carbons (Fsp3) is 0.625. The predicted molar refractivity (Wildman–Crippen MR) is 83.7 cm³/mol. The molecule has 1 saturated heterocycles. The van der Waals surface area contributed by atoms with Crippen molar-refractivity contribution in [1.29, 1.82) is 0 Å². The molecule has 1 atom stereocenters. The lowest BCUT2D eigenvalue weighted by atomic mass is 9.76. The maximum atomic E-state index is 5.46. The van der Waals surface area contributed by atoms with Gasteiger partial charge in [-0.3, -0.25) is 0 Å². The van der Waals surface area contributed by atoms with Crippen molar-refractivity contribution >= 4 is 11.2 Å². The van der Waals surface area contributed by atoms with Gasteiger partial charge in [-0.05, 0) is 38.8 Å². The number of nitrogens with one attached hydrogen (secondary N) is 2. The quantitative estimate of drug-likeness (QED) is 0.888. The highest BCUT2D eigenvalue weighted by Gasteiger charge is 2.36. The summed E-state index contributed by atoms with van der Waals surface area (Å²) in [4.78, 5) is 12.8. The first-order chi connectivity index (χ1) is 10.3. The molecular formula is C16H24N4O. The number of nitrogens with zero attached hydrogens (tertiary/aromatic N) is 2. The van der Waals surface area contributed by atoms with Crippen LogP contribution in [0.25, 0.3) is 11.2 Å². The van der Waals surface area contributed by atoms with Gasteiger partial charge in [0, 0.05) is 18.0 Å². The largest absolute Gasteiger partial charge is 0.478 e. The van der Waals surface area contributed by atoms with Crippen molar-refractivity contribution < 1.29 is 4.74 Å². The SMILES string of the molecule is CCCC1(c2nc3nc(OCC)ccc3[nH]2)CCCNC1. The third-order valence-corrected chi connectivity index (χ3v) is 4.32. The summed E-state index contributed by atoms with van der Waals surface area (Å²) < 4.78 is 5.46. The lowest BCUT2D eigenvalue weighted by Crippen LogP contribution is -2.44. The second-order valence-electron chi connectivity index (χ2n) is 5.85. The van der Waals surface area contributed by atoms with Crippen LogP contribution in [0.15, 0.2) is 12.1 Å². The van der Waals surface area contributed by atoms with Gasteiger partial charge in [-0.2, -0.15) is 4.98 Å². The molecule has 0 radical (unpaired) electrons. The van der Waals surface area contributed by atoms with Gasteiger partial charge < -0.3 is 15.0 Å². The molecule has 2 N–H and O–H groups in total. The molecule has 0 aliphatic carbocycles. The van der Waals surface area contributed by atoms with Crippen molar-refractivity contribution in [2.45, 2.75) is 44.9 Å². The first-order valence-corrected chi connectivity index (χ1v) is 7.98. The van der Waals surface area contributed by atoms with Gasteiger partial charge in [-0.1, -0.05) is 13.3 Å². The fourth-order valence-electron chi connectivity index (χ4n) is 3.33. The minimum Gasteiger partial charge on any atom is -0.478 e. The van der Waals surface area contributed by atoms with Crippen LogP contribution in [0.4, 0.5) is 0 Å². The van der Waals surface area contributed by atoms with Gasteiger partial charge in [0.2, 0.25) is 5.88 Å². The predicted octanol–water partition coefficient (Wildman–Crippen LogP) is 2.78. The van der Waals surface area contributed by atoms with Crippen LogP contribution in [0.3, 0.4) is 0 Å². The number of piperidine rings is 1. The van der Waals surface area contributed by atoms with Crippen LogP contribution in [0, 0.1) is 0 Å². The molecule has 0 bridgehead atoms. The molecule has 21 heavy (non-hydrogen) atoms. The number of pyridine rings is 1. The van der Waals surface area contributed by atoms with E-state index in [1.807, 2.05) is 19.1 Å². The third-order valence-electron chi connectivity index (χ3n) is 4.32. The number of aromatic amines is 1. The summed E-state index contributed by atoms with van der Waals surface area (Å²) in [6.07, 6.45) is 4.70. The lowest BCUT2D eigenvalue weighted by Gasteiger charge is -2.35. The molecule has 0 spiro atoms. The second kappa shape index (κ2) is 6.02. The Labute approximate surface area is 125 Å². The van der Waals surface area contributed by atoms with Gasteiger partial charge in [0.15, 0.2) is 5.65 Å². The van der Waals surface area contributed by atoms with Gasteiger partial charge in [0.05, 0.1) is 12.1 Å². The summed E-state index contributed by atoms with van der Waals surface area (Å²) in [5.74, 6) is 1.72. The van der Waals surface area contributed by atoms with Crippen LogP contribution in [0.2, 0.25) is 0 Å². The van der Waals surface area contributed by atoms with Crippen molar-refractivity contribution in [1.82, 2.24) is 20.3 Å². The summed E-state index contributed by atoms with van der Waals surface area (Å²) in [5.41, 5.74) is 1.88. The molecule has 1 aliphatic rings. The minimum atomic E-state index is 0.124. The minimum absolute atomic E-state index is 0.124. The zero-order valence-corrected chi connectivity index (χ0v) is 12.9. The van der Waals surface area contributed by atoms with Crippen molar-refractivity contribution in [3.63, 3.8) is 0 Å². The highest BCUT2D eigenvalue weighted by atomic mass is 16.5. The Bertz CT molecular complexity index is 596. The molecular weight excluding hydrogens is 264 g/mol. The Kier molecular flexibility index (Phi) is 4.10. The smallest absolute Gasteiger partial charge is 0.215 e. The van der Waals surface area contributed by atoms with E-state index in [2.05, 4.69) is 22.2 Å². The van der Waals surface area contributed by atoms with Crippen LogP contribution >= 0.6 is 0 Å². The molecule has 1 fully saturated rings. The molecule has 2 aromatic heterocycles. The number of hydrogen-bond donors (Lipinski definition) is 2. The highest BCUT2D eigenvalue weighted by molar-refractivity contribution is 5.71. The van der Waals surface area contributed by atoms with Crippen molar-refractivity contribution in [3.05, 3.63) is 18.0 Å². The van der Waals surface area contributed by atoms with E-state index < -0.39 is 0 Å². The maximum absolute atomic E-state index is 5.46. The van der Waals surface area contributed by atoms with E-state index in [0.29, 0.717) is 12.5 Å². The first kappa shape index (κ1) is 14.3. The Morgan fingerprint density at radius 2 is 2.19 bits per heavy atom. The second-order valence-corrected chi connectivity index (χ2v) is 5.85. The average Bonchev–Trinajstić information content (AvgIpc) is 2.93. The van der Waals surface area contributed by atoms with Crippen LogP contribution in [-0.4, -0.2) is 34.6 Å². The van der Waals surface area contributed by atoms with Gasteiger partial charge in [0.25, 0.3) is 0 Å². The summed E-state index contributed by atoms with van der Waals surface area (Å²) >= 11 is 0. The van der Waals surface area contributed by atoms with Crippen LogP contribution in [0.5, 0.6) is 5.88 Å². The molecule has 114 valence electrons. The van der Waals surface area contributed by atoms with Crippen LogP contribution in [-0.2, 0) is 5.41 Å². The fourth-order valence-corrected chi connectivity index (χ4v) is 3.33. The van der Waals surface area contributed by atoms with Crippen molar-refractivity contribution in [3.8, 4) is 5.88 Å². The molecule has 0 aromatic carbocycles. The molecule has 5 nitrogen and oxygen atoms in total. The topological polar surface area (TPSA) is 62.8 Å². The number of H-pyrrole nitrogens is 1. The van der Waals surface area contributed by atoms with E-state index in [1.165, 1.54) is 12.8 Å². The molecule has 3 rings (SSSR count). The van der Waals surface area contributed by atoms with E-state index in [9.17, 15) is 0 Å². The standard InChI is InChI=1S/C16H24N4O/c1-3-8-16(9-5-10-17-11-16)15-18-12-6-7-13(21-4-2)19-14(12)20-15/h6-7,17H,3-5,8-11H2,1-2H3,(H,18,19,20). The monoisotopic (exact) mass is 288 g/mol. The van der Waals surface area contributed by atoms with E-state index in [1.54, 1.807) is 0 Å². The molecule has 0 amide bonds. The maximum Gasteiger partial charge on any atom is 0.215 e. The van der Waals surface area contributed by atoms with E-state index in [-0.39, 0.29) is 5.41 Å². The third kappa shape index (κ3) is 2.75. The molecule has 3 heterocycles. The Hall–Kier alpha value is -1.62. The van der Waals surface area contributed by atoms with Crippen LogP contribution in [0.1, 0.15) is 45.4 Å². The number of fused-ring (bicyclic) bond motifs is 1. The summed E-state index contributed by atoms with van der Waals surface area (Å²) in [6, 6.07) is 3.92. The number of hydrogen-bond acceptors (Lipinski definition) is 4. The Morgan fingerprint density at radius 1 is 1.29 bits per heavy atom. The Balaban J connectivity index is 1.97. The molecule has 1 aliphatic heterocycles. The molecule has 1 unspecified atom stereocenters. The van der Waals surface area contributed by atoms with E-state index in [4.69, 9.17) is 9.72 Å². The van der Waals surface area contributed by atoms with Gasteiger partial charge in [-0.25, -0.2) is 4.98 Å². The highest BCUT2D eigenvalue weighted by Crippen LogP contribution is 2.35. The zero-order chi connectivity index (χ0) is 14.7. The van der Waals surface area contributed by atoms with Gasteiger partial charge in [0.1, 0.15) is 5.82 Å². The summed E-state index contributed by atoms with van der Waals surface area (Å²) in [6.45, 7) is 6.94. The van der Waals surface area contributed by atoms with Gasteiger partial charge in [-0.15, -0.1) is 0 Å². The number of ether oxygens (including phenoxy) is 1. The van der Waals surface area contributed by atoms with Crippen LogP contribution < -0.4 is 10.1 Å². The zero-order valence-electron chi connectivity index (χ0n) is 12.9. The number of aromatic nitrogens is 3.